The monoisotopic (exact) mass is 416 g/mol. The molecule has 1 amide bonds. The Morgan fingerprint density at radius 1 is 1.03 bits per heavy atom. The number of pyridine rings is 1. The molecule has 0 atom stereocenters. The number of anilines is 1. The average Bonchev–Trinajstić information content (AvgIpc) is 3.22. The summed E-state index contributed by atoms with van der Waals surface area (Å²) in [5, 5.41) is 3.66. The van der Waals surface area contributed by atoms with Crippen LogP contribution in [0, 0.1) is 20.8 Å². The molecule has 31 heavy (non-hydrogen) atoms. The van der Waals surface area contributed by atoms with Gasteiger partial charge in [-0.2, -0.15) is 0 Å². The fraction of sp³-hybridized carbons (Fsp3) is 0.200. The minimum absolute atomic E-state index is 0.195. The molecule has 0 saturated heterocycles. The standard InChI is InChI=1S/C25H24N2O4/c1-15-16(2)24(26-17(3)22(15)30-14-18-9-6-5-7-10-18)27-25(28)21-13-19-11-8-12-20(29-4)23(19)31-21/h5-13H,14H2,1-4H3,(H,26,27,28). The van der Waals surface area contributed by atoms with E-state index in [1.165, 1.54) is 0 Å². The summed E-state index contributed by atoms with van der Waals surface area (Å²) in [6.45, 7) is 6.20. The van der Waals surface area contributed by atoms with Gasteiger partial charge >= 0.3 is 0 Å². The Bertz CT molecular complexity index is 1250. The van der Waals surface area contributed by atoms with Crippen molar-refractivity contribution in [2.75, 3.05) is 12.4 Å². The first kappa shape index (κ1) is 20.5. The number of aryl methyl sites for hydroxylation is 1. The van der Waals surface area contributed by atoms with Crippen molar-refractivity contribution in [3.05, 3.63) is 82.7 Å². The molecular weight excluding hydrogens is 392 g/mol. The number of carbonyl (C=O) groups is 1. The van der Waals surface area contributed by atoms with Gasteiger partial charge in [0, 0.05) is 5.39 Å². The Morgan fingerprint density at radius 2 is 1.81 bits per heavy atom. The lowest BCUT2D eigenvalue weighted by atomic mass is 10.1. The third-order valence-corrected chi connectivity index (χ3v) is 5.28. The van der Waals surface area contributed by atoms with Crippen LogP contribution in [0.5, 0.6) is 11.5 Å². The zero-order valence-corrected chi connectivity index (χ0v) is 18.0. The number of hydrogen-bond donors (Lipinski definition) is 1. The summed E-state index contributed by atoms with van der Waals surface area (Å²) in [4.78, 5) is 17.4. The number of benzene rings is 2. The molecule has 4 rings (SSSR count). The highest BCUT2D eigenvalue weighted by Gasteiger charge is 2.19. The maximum absolute atomic E-state index is 12.8. The maximum Gasteiger partial charge on any atom is 0.292 e. The van der Waals surface area contributed by atoms with Crippen molar-refractivity contribution in [1.82, 2.24) is 4.98 Å². The Balaban J connectivity index is 1.56. The van der Waals surface area contributed by atoms with E-state index in [0.29, 0.717) is 29.5 Å². The van der Waals surface area contributed by atoms with E-state index in [0.717, 1.165) is 27.8 Å². The fourth-order valence-corrected chi connectivity index (χ4v) is 3.46. The number of nitrogens with zero attached hydrogens (tertiary/aromatic N) is 1. The molecule has 0 fully saturated rings. The first-order valence-electron chi connectivity index (χ1n) is 10.0. The predicted octanol–water partition coefficient (Wildman–Crippen LogP) is 5.59. The van der Waals surface area contributed by atoms with E-state index >= 15 is 0 Å². The predicted molar refractivity (Wildman–Crippen MR) is 120 cm³/mol. The van der Waals surface area contributed by atoms with Crippen molar-refractivity contribution < 1.29 is 18.7 Å². The first-order valence-corrected chi connectivity index (χ1v) is 10.0. The number of hydrogen-bond acceptors (Lipinski definition) is 5. The molecule has 0 bridgehead atoms. The molecular formula is C25H24N2O4. The topological polar surface area (TPSA) is 73.6 Å². The number of amides is 1. The molecule has 0 unspecified atom stereocenters. The number of methoxy groups -OCH3 is 1. The molecule has 2 aromatic heterocycles. The molecule has 0 spiro atoms. The quantitative estimate of drug-likeness (QED) is 0.443. The zero-order valence-electron chi connectivity index (χ0n) is 18.0. The van der Waals surface area contributed by atoms with Crippen LogP contribution in [0.1, 0.15) is 32.9 Å². The molecule has 0 aliphatic rings. The fourth-order valence-electron chi connectivity index (χ4n) is 3.46. The zero-order chi connectivity index (χ0) is 22.0. The number of fused-ring (bicyclic) bond motifs is 1. The molecule has 2 heterocycles. The maximum atomic E-state index is 12.8. The van der Waals surface area contributed by atoms with Gasteiger partial charge in [-0.15, -0.1) is 0 Å². The molecule has 0 aliphatic carbocycles. The van der Waals surface area contributed by atoms with Crippen LogP contribution >= 0.6 is 0 Å². The molecule has 0 saturated carbocycles. The molecule has 158 valence electrons. The summed E-state index contributed by atoms with van der Waals surface area (Å²) in [6.07, 6.45) is 0. The van der Waals surface area contributed by atoms with Crippen molar-refractivity contribution in [3.63, 3.8) is 0 Å². The summed E-state index contributed by atoms with van der Waals surface area (Å²) in [6, 6.07) is 17.2. The van der Waals surface area contributed by atoms with Crippen LogP contribution < -0.4 is 14.8 Å². The molecule has 6 heteroatoms. The number of carbonyl (C=O) groups excluding carboxylic acids is 1. The lowest BCUT2D eigenvalue weighted by Gasteiger charge is -2.16. The van der Waals surface area contributed by atoms with Crippen LogP contribution in [-0.4, -0.2) is 18.0 Å². The van der Waals surface area contributed by atoms with Crippen molar-refractivity contribution in [3.8, 4) is 11.5 Å². The summed E-state index contributed by atoms with van der Waals surface area (Å²) >= 11 is 0. The molecule has 2 aromatic carbocycles. The largest absolute Gasteiger partial charge is 0.493 e. The summed E-state index contributed by atoms with van der Waals surface area (Å²) in [5.41, 5.74) is 4.11. The van der Waals surface area contributed by atoms with E-state index in [-0.39, 0.29) is 11.7 Å². The number of nitrogens with one attached hydrogen (secondary N) is 1. The summed E-state index contributed by atoms with van der Waals surface area (Å²) < 4.78 is 17.1. The van der Waals surface area contributed by atoms with E-state index in [1.54, 1.807) is 19.2 Å². The lowest BCUT2D eigenvalue weighted by Crippen LogP contribution is -2.15. The average molecular weight is 416 g/mol. The van der Waals surface area contributed by atoms with Gasteiger partial charge < -0.3 is 19.2 Å². The van der Waals surface area contributed by atoms with E-state index in [9.17, 15) is 4.79 Å². The Kier molecular flexibility index (Phi) is 5.62. The molecule has 4 aromatic rings. The van der Waals surface area contributed by atoms with Gasteiger partial charge in [0.2, 0.25) is 0 Å². The van der Waals surface area contributed by atoms with Gasteiger partial charge in [0.15, 0.2) is 17.1 Å². The van der Waals surface area contributed by atoms with Crippen molar-refractivity contribution >= 4 is 22.7 Å². The minimum Gasteiger partial charge on any atom is -0.493 e. The summed E-state index contributed by atoms with van der Waals surface area (Å²) in [5.74, 6) is 1.62. The van der Waals surface area contributed by atoms with Gasteiger partial charge in [0.25, 0.3) is 5.91 Å². The van der Waals surface area contributed by atoms with E-state index in [1.807, 2.05) is 63.2 Å². The van der Waals surface area contributed by atoms with Crippen LogP contribution in [0.3, 0.4) is 0 Å². The third-order valence-electron chi connectivity index (χ3n) is 5.28. The SMILES string of the molecule is COc1cccc2cc(C(=O)Nc3nc(C)c(OCc4ccccc4)c(C)c3C)oc12. The number of ether oxygens (including phenoxy) is 2. The van der Waals surface area contributed by atoms with Crippen LogP contribution in [0.25, 0.3) is 11.0 Å². The van der Waals surface area contributed by atoms with Gasteiger partial charge in [-0.3, -0.25) is 4.79 Å². The molecule has 1 N–H and O–H groups in total. The molecule has 0 radical (unpaired) electrons. The van der Waals surface area contributed by atoms with E-state index < -0.39 is 0 Å². The van der Waals surface area contributed by atoms with Crippen LogP contribution in [-0.2, 0) is 6.61 Å². The molecule has 6 nitrogen and oxygen atoms in total. The van der Waals surface area contributed by atoms with Crippen molar-refractivity contribution in [2.24, 2.45) is 0 Å². The summed E-state index contributed by atoms with van der Waals surface area (Å²) in [7, 11) is 1.57. The number of rotatable bonds is 6. The van der Waals surface area contributed by atoms with Crippen molar-refractivity contribution in [2.45, 2.75) is 27.4 Å². The highest BCUT2D eigenvalue weighted by atomic mass is 16.5. The highest BCUT2D eigenvalue weighted by molar-refractivity contribution is 6.05. The number of furan rings is 1. The second-order valence-electron chi connectivity index (χ2n) is 7.34. The second kappa shape index (κ2) is 8.52. The smallest absolute Gasteiger partial charge is 0.292 e. The van der Waals surface area contributed by atoms with Gasteiger partial charge in [-0.05, 0) is 49.6 Å². The Morgan fingerprint density at radius 3 is 2.55 bits per heavy atom. The lowest BCUT2D eigenvalue weighted by molar-refractivity contribution is 0.0998. The van der Waals surface area contributed by atoms with E-state index in [2.05, 4.69) is 10.3 Å². The highest BCUT2D eigenvalue weighted by Crippen LogP contribution is 2.31. The third kappa shape index (κ3) is 4.10. The van der Waals surface area contributed by atoms with Crippen LogP contribution in [0.15, 0.2) is 59.0 Å². The van der Waals surface area contributed by atoms with Gasteiger partial charge in [-0.25, -0.2) is 4.98 Å². The van der Waals surface area contributed by atoms with Gasteiger partial charge in [-0.1, -0.05) is 42.5 Å². The number of para-hydroxylation sites is 1. The normalized spacial score (nSPS) is 10.8. The van der Waals surface area contributed by atoms with Gasteiger partial charge in [0.05, 0.1) is 12.8 Å². The Hall–Kier alpha value is -3.80. The van der Waals surface area contributed by atoms with Crippen molar-refractivity contribution in [1.29, 1.82) is 0 Å². The van der Waals surface area contributed by atoms with Crippen LogP contribution in [0.2, 0.25) is 0 Å². The van der Waals surface area contributed by atoms with Gasteiger partial charge in [0.1, 0.15) is 18.2 Å². The Labute approximate surface area is 180 Å². The minimum atomic E-state index is -0.370. The number of aromatic nitrogens is 1. The first-order chi connectivity index (χ1) is 15.0. The second-order valence-corrected chi connectivity index (χ2v) is 7.34. The molecule has 0 aliphatic heterocycles. The van der Waals surface area contributed by atoms with Crippen LogP contribution in [0.4, 0.5) is 5.82 Å². The van der Waals surface area contributed by atoms with E-state index in [4.69, 9.17) is 13.9 Å².